The Morgan fingerprint density at radius 2 is 1.63 bits per heavy atom. The first kappa shape index (κ1) is 23.8. The summed E-state index contributed by atoms with van der Waals surface area (Å²) in [7, 11) is 2.96. The molecule has 8 heteroatoms. The van der Waals surface area contributed by atoms with E-state index in [-0.39, 0.29) is 18.4 Å². The van der Waals surface area contributed by atoms with Crippen molar-refractivity contribution in [2.45, 2.75) is 19.4 Å². The van der Waals surface area contributed by atoms with E-state index in [1.807, 2.05) is 30.3 Å². The standard InChI is InChI=1S/C27H27N3O5/c1-17(19-7-5-4-6-8-19)15-28-25(31)20-11-9-18(10-12-20)16-30-26(32)21-13-23(34-2)24(35-3)14-22(21)29-27(30)33/h4-14,17H,15-16H2,1-3H3,(H,28,31)(H,29,33)/t17-/m0/s1. The van der Waals surface area contributed by atoms with Gasteiger partial charge >= 0.3 is 5.69 Å². The molecule has 0 unspecified atom stereocenters. The third-order valence-corrected chi connectivity index (χ3v) is 5.98. The van der Waals surface area contributed by atoms with E-state index in [2.05, 4.69) is 17.2 Å². The van der Waals surface area contributed by atoms with Crippen molar-refractivity contribution in [1.82, 2.24) is 14.9 Å². The number of benzene rings is 3. The lowest BCUT2D eigenvalue weighted by molar-refractivity contribution is 0.0951. The molecule has 1 atom stereocenters. The number of carbonyl (C=O) groups excluding carboxylic acids is 1. The molecule has 1 aromatic heterocycles. The monoisotopic (exact) mass is 473 g/mol. The van der Waals surface area contributed by atoms with Gasteiger partial charge in [0.15, 0.2) is 11.5 Å². The predicted molar refractivity (Wildman–Crippen MR) is 135 cm³/mol. The van der Waals surface area contributed by atoms with Crippen LogP contribution in [0.25, 0.3) is 10.9 Å². The second kappa shape index (κ2) is 10.3. The number of rotatable bonds is 8. The molecule has 0 saturated heterocycles. The Kier molecular flexibility index (Phi) is 7.01. The van der Waals surface area contributed by atoms with Crippen molar-refractivity contribution in [1.29, 1.82) is 0 Å². The minimum Gasteiger partial charge on any atom is -0.493 e. The van der Waals surface area contributed by atoms with Crippen molar-refractivity contribution in [2.75, 3.05) is 20.8 Å². The van der Waals surface area contributed by atoms with Gasteiger partial charge in [0.1, 0.15) is 0 Å². The molecule has 0 bridgehead atoms. The van der Waals surface area contributed by atoms with Crippen LogP contribution in [0.2, 0.25) is 0 Å². The number of ether oxygens (including phenoxy) is 2. The number of methoxy groups -OCH3 is 2. The van der Waals surface area contributed by atoms with Crippen LogP contribution in [0.3, 0.4) is 0 Å². The van der Waals surface area contributed by atoms with Gasteiger partial charge in [-0.25, -0.2) is 4.79 Å². The van der Waals surface area contributed by atoms with Gasteiger partial charge in [-0.3, -0.25) is 14.2 Å². The topological polar surface area (TPSA) is 102 Å². The molecular formula is C27H27N3O5. The third kappa shape index (κ3) is 5.11. The van der Waals surface area contributed by atoms with Crippen LogP contribution in [-0.4, -0.2) is 36.2 Å². The number of amides is 1. The second-order valence-corrected chi connectivity index (χ2v) is 8.29. The lowest BCUT2D eigenvalue weighted by Crippen LogP contribution is -2.35. The molecule has 35 heavy (non-hydrogen) atoms. The predicted octanol–water partition coefficient (Wildman–Crippen LogP) is 3.29. The average Bonchev–Trinajstić information content (AvgIpc) is 2.89. The van der Waals surface area contributed by atoms with Gasteiger partial charge in [-0.05, 0) is 35.2 Å². The average molecular weight is 474 g/mol. The quantitative estimate of drug-likeness (QED) is 0.409. The molecule has 1 amide bonds. The Morgan fingerprint density at radius 3 is 2.29 bits per heavy atom. The van der Waals surface area contributed by atoms with Crippen LogP contribution in [0.4, 0.5) is 0 Å². The van der Waals surface area contributed by atoms with E-state index in [9.17, 15) is 14.4 Å². The van der Waals surface area contributed by atoms with Crippen LogP contribution >= 0.6 is 0 Å². The fourth-order valence-corrected chi connectivity index (χ4v) is 3.91. The number of carbonyl (C=O) groups is 1. The second-order valence-electron chi connectivity index (χ2n) is 8.29. The highest BCUT2D eigenvalue weighted by atomic mass is 16.5. The Hall–Kier alpha value is -4.33. The molecule has 8 nitrogen and oxygen atoms in total. The number of nitrogens with zero attached hydrogens (tertiary/aromatic N) is 1. The maximum atomic E-state index is 13.0. The number of H-pyrrole nitrogens is 1. The summed E-state index contributed by atoms with van der Waals surface area (Å²) >= 11 is 0. The van der Waals surface area contributed by atoms with Crippen LogP contribution in [0, 0.1) is 0 Å². The molecule has 0 radical (unpaired) electrons. The Balaban J connectivity index is 1.50. The highest BCUT2D eigenvalue weighted by molar-refractivity contribution is 5.94. The van der Waals surface area contributed by atoms with Crippen molar-refractivity contribution in [3.05, 3.63) is 104 Å². The van der Waals surface area contributed by atoms with E-state index in [1.54, 1.807) is 36.4 Å². The van der Waals surface area contributed by atoms with Crippen LogP contribution in [0.1, 0.15) is 34.3 Å². The van der Waals surface area contributed by atoms with Crippen LogP contribution in [-0.2, 0) is 6.54 Å². The highest BCUT2D eigenvalue weighted by Gasteiger charge is 2.14. The molecule has 0 aliphatic rings. The first-order valence-corrected chi connectivity index (χ1v) is 11.2. The number of aromatic nitrogens is 2. The highest BCUT2D eigenvalue weighted by Crippen LogP contribution is 2.29. The summed E-state index contributed by atoms with van der Waals surface area (Å²) in [6, 6.07) is 19.9. The smallest absolute Gasteiger partial charge is 0.329 e. The molecule has 2 N–H and O–H groups in total. The summed E-state index contributed by atoms with van der Waals surface area (Å²) in [5, 5.41) is 3.26. The summed E-state index contributed by atoms with van der Waals surface area (Å²) in [6.07, 6.45) is 0. The summed E-state index contributed by atoms with van der Waals surface area (Å²) in [5.41, 5.74) is 1.76. The van der Waals surface area contributed by atoms with Gasteiger partial charge in [0, 0.05) is 18.2 Å². The zero-order chi connectivity index (χ0) is 24.9. The van der Waals surface area contributed by atoms with Gasteiger partial charge in [-0.2, -0.15) is 0 Å². The van der Waals surface area contributed by atoms with E-state index >= 15 is 0 Å². The fourth-order valence-electron chi connectivity index (χ4n) is 3.91. The van der Waals surface area contributed by atoms with E-state index in [0.29, 0.717) is 40.1 Å². The minimum atomic E-state index is -0.536. The lowest BCUT2D eigenvalue weighted by Gasteiger charge is -2.13. The van der Waals surface area contributed by atoms with Gasteiger partial charge in [0.05, 0.1) is 31.7 Å². The zero-order valence-corrected chi connectivity index (χ0v) is 19.8. The number of hydrogen-bond donors (Lipinski definition) is 2. The molecule has 0 spiro atoms. The molecule has 0 aliphatic carbocycles. The van der Waals surface area contributed by atoms with Crippen molar-refractivity contribution < 1.29 is 14.3 Å². The third-order valence-electron chi connectivity index (χ3n) is 5.98. The summed E-state index contributed by atoms with van der Waals surface area (Å²) in [5.74, 6) is 0.818. The molecule has 4 rings (SSSR count). The van der Waals surface area contributed by atoms with E-state index < -0.39 is 11.2 Å². The van der Waals surface area contributed by atoms with Gasteiger partial charge < -0.3 is 19.8 Å². The fraction of sp³-hybridized carbons (Fsp3) is 0.222. The number of aromatic amines is 1. The Labute approximate surface area is 202 Å². The Morgan fingerprint density at radius 1 is 0.971 bits per heavy atom. The molecule has 0 saturated carbocycles. The van der Waals surface area contributed by atoms with Gasteiger partial charge in [-0.15, -0.1) is 0 Å². The molecule has 1 heterocycles. The molecule has 0 aliphatic heterocycles. The molecular weight excluding hydrogens is 446 g/mol. The first-order valence-electron chi connectivity index (χ1n) is 11.2. The van der Waals surface area contributed by atoms with Crippen LogP contribution in [0.15, 0.2) is 76.3 Å². The van der Waals surface area contributed by atoms with Gasteiger partial charge in [0.2, 0.25) is 0 Å². The largest absolute Gasteiger partial charge is 0.493 e. The SMILES string of the molecule is COc1cc2[nH]c(=O)n(Cc3ccc(C(=O)NC[C@H](C)c4ccccc4)cc3)c(=O)c2cc1OC. The van der Waals surface area contributed by atoms with Crippen molar-refractivity contribution in [2.24, 2.45) is 0 Å². The molecule has 180 valence electrons. The number of fused-ring (bicyclic) bond motifs is 1. The first-order chi connectivity index (χ1) is 16.9. The minimum absolute atomic E-state index is 0.0609. The molecule has 4 aromatic rings. The van der Waals surface area contributed by atoms with E-state index in [1.165, 1.54) is 14.2 Å². The zero-order valence-electron chi connectivity index (χ0n) is 19.8. The van der Waals surface area contributed by atoms with Gasteiger partial charge in [0.25, 0.3) is 11.5 Å². The van der Waals surface area contributed by atoms with Crippen molar-refractivity contribution in [3.63, 3.8) is 0 Å². The van der Waals surface area contributed by atoms with E-state index in [4.69, 9.17) is 9.47 Å². The maximum absolute atomic E-state index is 13.0. The van der Waals surface area contributed by atoms with Gasteiger partial charge in [-0.1, -0.05) is 49.4 Å². The van der Waals surface area contributed by atoms with Crippen LogP contribution < -0.4 is 26.0 Å². The Bertz CT molecular complexity index is 1460. The number of nitrogens with one attached hydrogen (secondary N) is 2. The van der Waals surface area contributed by atoms with Crippen molar-refractivity contribution in [3.8, 4) is 11.5 Å². The number of hydrogen-bond acceptors (Lipinski definition) is 5. The summed E-state index contributed by atoms with van der Waals surface area (Å²) in [4.78, 5) is 41.0. The maximum Gasteiger partial charge on any atom is 0.329 e. The molecule has 3 aromatic carbocycles. The van der Waals surface area contributed by atoms with Crippen molar-refractivity contribution >= 4 is 16.8 Å². The molecule has 0 fully saturated rings. The lowest BCUT2D eigenvalue weighted by atomic mass is 10.0. The van der Waals surface area contributed by atoms with Crippen LogP contribution in [0.5, 0.6) is 11.5 Å². The van der Waals surface area contributed by atoms with E-state index in [0.717, 1.165) is 10.1 Å². The summed E-state index contributed by atoms with van der Waals surface area (Å²) < 4.78 is 11.6. The normalized spacial score (nSPS) is 11.7. The summed E-state index contributed by atoms with van der Waals surface area (Å²) in [6.45, 7) is 2.63.